The first kappa shape index (κ1) is 15.2. The van der Waals surface area contributed by atoms with Crippen molar-refractivity contribution in [3.63, 3.8) is 0 Å². The Morgan fingerprint density at radius 1 is 1.16 bits per heavy atom. The number of sulfonamides is 1. The van der Waals surface area contributed by atoms with Crippen LogP contribution < -0.4 is 10.0 Å². The highest BCUT2D eigenvalue weighted by Crippen LogP contribution is 2.14. The summed E-state index contributed by atoms with van der Waals surface area (Å²) in [4.78, 5) is 0. The summed E-state index contributed by atoms with van der Waals surface area (Å²) in [5.41, 5.74) is 0. The van der Waals surface area contributed by atoms with E-state index >= 15 is 0 Å². The number of piperidine rings is 1. The summed E-state index contributed by atoms with van der Waals surface area (Å²) in [7, 11) is -3.11. The maximum atomic E-state index is 11.9. The maximum absolute atomic E-state index is 11.9. The van der Waals surface area contributed by atoms with Crippen molar-refractivity contribution in [3.05, 3.63) is 0 Å². The van der Waals surface area contributed by atoms with Gasteiger partial charge in [-0.25, -0.2) is 13.1 Å². The summed E-state index contributed by atoms with van der Waals surface area (Å²) in [5.74, 6) is 0.685. The van der Waals surface area contributed by atoms with Gasteiger partial charge in [0, 0.05) is 25.8 Å². The first-order chi connectivity index (χ1) is 9.16. The molecule has 2 saturated heterocycles. The van der Waals surface area contributed by atoms with Crippen molar-refractivity contribution in [1.82, 2.24) is 10.0 Å². The van der Waals surface area contributed by atoms with Crippen molar-refractivity contribution in [1.29, 1.82) is 0 Å². The number of nitrogens with one attached hydrogen (secondary N) is 2. The van der Waals surface area contributed by atoms with E-state index in [2.05, 4.69) is 10.0 Å². The highest BCUT2D eigenvalue weighted by molar-refractivity contribution is 7.89. The van der Waals surface area contributed by atoms with E-state index in [9.17, 15) is 8.42 Å². The van der Waals surface area contributed by atoms with Crippen LogP contribution in [-0.2, 0) is 14.8 Å². The second-order valence-electron chi connectivity index (χ2n) is 5.66. The summed E-state index contributed by atoms with van der Waals surface area (Å²) in [6.45, 7) is 3.13. The van der Waals surface area contributed by atoms with E-state index in [1.807, 2.05) is 0 Å². The van der Waals surface area contributed by atoms with Crippen molar-refractivity contribution >= 4 is 10.0 Å². The average molecular weight is 290 g/mol. The third-order valence-corrected chi connectivity index (χ3v) is 5.46. The van der Waals surface area contributed by atoms with Crippen LogP contribution in [0.1, 0.15) is 38.5 Å². The van der Waals surface area contributed by atoms with E-state index in [4.69, 9.17) is 4.74 Å². The Morgan fingerprint density at radius 2 is 1.95 bits per heavy atom. The average Bonchev–Trinajstić information content (AvgIpc) is 2.46. The van der Waals surface area contributed by atoms with E-state index in [1.54, 1.807) is 0 Å². The zero-order valence-electron chi connectivity index (χ0n) is 11.6. The number of hydrogen-bond donors (Lipinski definition) is 2. The first-order valence-electron chi connectivity index (χ1n) is 7.44. The third-order valence-electron chi connectivity index (χ3n) is 4.08. The fraction of sp³-hybridized carbons (Fsp3) is 1.00. The second kappa shape index (κ2) is 7.57. The number of rotatable bonds is 6. The summed E-state index contributed by atoms with van der Waals surface area (Å²) in [6.07, 6.45) is 6.19. The minimum Gasteiger partial charge on any atom is -0.381 e. The molecule has 1 unspecified atom stereocenters. The summed E-state index contributed by atoms with van der Waals surface area (Å²) < 4.78 is 31.9. The van der Waals surface area contributed by atoms with Gasteiger partial charge in [-0.3, -0.25) is 0 Å². The van der Waals surface area contributed by atoms with E-state index < -0.39 is 10.0 Å². The van der Waals surface area contributed by atoms with Crippen molar-refractivity contribution in [2.45, 2.75) is 44.6 Å². The smallest absolute Gasteiger partial charge is 0.211 e. The topological polar surface area (TPSA) is 67.4 Å². The molecule has 2 aliphatic rings. The van der Waals surface area contributed by atoms with Gasteiger partial charge in [0.2, 0.25) is 10.0 Å². The van der Waals surface area contributed by atoms with Crippen LogP contribution in [0.3, 0.4) is 0 Å². The molecule has 0 radical (unpaired) electrons. The zero-order valence-corrected chi connectivity index (χ0v) is 12.4. The van der Waals surface area contributed by atoms with Crippen LogP contribution in [0.4, 0.5) is 0 Å². The molecule has 0 aromatic carbocycles. The third kappa shape index (κ3) is 5.77. The standard InChI is InChI=1S/C13H26N2O3S/c16-19(17,10-6-13-3-1-2-7-14-13)15-11-12-4-8-18-9-5-12/h12-15H,1-11H2. The van der Waals surface area contributed by atoms with E-state index in [-0.39, 0.29) is 5.75 Å². The Balaban J connectivity index is 1.65. The molecule has 0 bridgehead atoms. The molecule has 1 atom stereocenters. The van der Waals surface area contributed by atoms with Gasteiger partial charge in [0.05, 0.1) is 5.75 Å². The maximum Gasteiger partial charge on any atom is 0.211 e. The largest absolute Gasteiger partial charge is 0.381 e. The highest BCUT2D eigenvalue weighted by Gasteiger charge is 2.19. The van der Waals surface area contributed by atoms with Crippen molar-refractivity contribution in [3.8, 4) is 0 Å². The molecule has 2 fully saturated rings. The van der Waals surface area contributed by atoms with Gasteiger partial charge in [0.15, 0.2) is 0 Å². The normalized spacial score (nSPS) is 26.4. The summed E-state index contributed by atoms with van der Waals surface area (Å²) in [6, 6.07) is 0.383. The number of hydrogen-bond acceptors (Lipinski definition) is 4. The Morgan fingerprint density at radius 3 is 2.63 bits per heavy atom. The molecule has 2 rings (SSSR count). The minimum atomic E-state index is -3.11. The molecule has 112 valence electrons. The van der Waals surface area contributed by atoms with E-state index in [1.165, 1.54) is 12.8 Å². The van der Waals surface area contributed by atoms with Gasteiger partial charge in [0.1, 0.15) is 0 Å². The molecule has 2 aliphatic heterocycles. The molecule has 6 heteroatoms. The SMILES string of the molecule is O=S(=O)(CCC1CCCCN1)NCC1CCOCC1. The summed E-state index contributed by atoms with van der Waals surface area (Å²) in [5, 5.41) is 3.39. The Bertz CT molecular complexity index is 319. The van der Waals surface area contributed by atoms with Gasteiger partial charge in [-0.15, -0.1) is 0 Å². The van der Waals surface area contributed by atoms with Gasteiger partial charge in [0.25, 0.3) is 0 Å². The first-order valence-corrected chi connectivity index (χ1v) is 9.09. The molecule has 0 aromatic rings. The quantitative estimate of drug-likeness (QED) is 0.761. The van der Waals surface area contributed by atoms with Crippen LogP contribution in [0.25, 0.3) is 0 Å². The van der Waals surface area contributed by atoms with Crippen molar-refractivity contribution in [2.75, 3.05) is 32.1 Å². The van der Waals surface area contributed by atoms with Crippen LogP contribution in [-0.4, -0.2) is 46.5 Å². The summed E-state index contributed by atoms with van der Waals surface area (Å²) >= 11 is 0. The Labute approximate surface area is 116 Å². The molecule has 0 amide bonds. The van der Waals surface area contributed by atoms with Crippen LogP contribution in [0, 0.1) is 5.92 Å². The van der Waals surface area contributed by atoms with Crippen LogP contribution in [0.2, 0.25) is 0 Å². The Kier molecular flexibility index (Phi) is 6.06. The number of ether oxygens (including phenoxy) is 1. The predicted octanol–water partition coefficient (Wildman–Crippen LogP) is 0.865. The highest BCUT2D eigenvalue weighted by atomic mass is 32.2. The lowest BCUT2D eigenvalue weighted by molar-refractivity contribution is 0.0678. The molecule has 19 heavy (non-hydrogen) atoms. The van der Waals surface area contributed by atoms with E-state index in [0.717, 1.165) is 45.4 Å². The van der Waals surface area contributed by atoms with Gasteiger partial charge in [-0.1, -0.05) is 6.42 Å². The lowest BCUT2D eigenvalue weighted by Crippen LogP contribution is -2.38. The van der Waals surface area contributed by atoms with Crippen molar-refractivity contribution in [2.24, 2.45) is 5.92 Å². The molecule has 2 heterocycles. The van der Waals surface area contributed by atoms with Crippen LogP contribution >= 0.6 is 0 Å². The molecule has 0 spiro atoms. The fourth-order valence-corrected chi connectivity index (χ4v) is 3.96. The molecule has 5 nitrogen and oxygen atoms in total. The van der Waals surface area contributed by atoms with Gasteiger partial charge in [-0.2, -0.15) is 0 Å². The molecule has 2 N–H and O–H groups in total. The molecule has 0 aromatic heterocycles. The fourth-order valence-electron chi connectivity index (χ4n) is 2.74. The monoisotopic (exact) mass is 290 g/mol. The Hall–Kier alpha value is -0.170. The van der Waals surface area contributed by atoms with Gasteiger partial charge in [-0.05, 0) is 44.6 Å². The molecule has 0 aliphatic carbocycles. The lowest BCUT2D eigenvalue weighted by Gasteiger charge is -2.24. The lowest BCUT2D eigenvalue weighted by atomic mass is 10.0. The second-order valence-corrected chi connectivity index (χ2v) is 7.59. The molecule has 0 saturated carbocycles. The zero-order chi connectivity index (χ0) is 13.6. The van der Waals surface area contributed by atoms with Crippen LogP contribution in [0.15, 0.2) is 0 Å². The van der Waals surface area contributed by atoms with Gasteiger partial charge >= 0.3 is 0 Å². The van der Waals surface area contributed by atoms with Gasteiger partial charge < -0.3 is 10.1 Å². The molecular formula is C13H26N2O3S. The minimum absolute atomic E-state index is 0.244. The molecular weight excluding hydrogens is 264 g/mol. The van der Waals surface area contributed by atoms with Crippen LogP contribution in [0.5, 0.6) is 0 Å². The predicted molar refractivity (Wildman–Crippen MR) is 75.6 cm³/mol. The van der Waals surface area contributed by atoms with E-state index in [0.29, 0.717) is 18.5 Å². The van der Waals surface area contributed by atoms with Crippen molar-refractivity contribution < 1.29 is 13.2 Å².